The van der Waals surface area contributed by atoms with E-state index in [0.29, 0.717) is 11.7 Å². The Labute approximate surface area is 125 Å². The molecule has 0 aliphatic heterocycles. The van der Waals surface area contributed by atoms with Gasteiger partial charge in [0.2, 0.25) is 0 Å². The quantitative estimate of drug-likeness (QED) is 0.710. The lowest BCUT2D eigenvalue weighted by atomic mass is 9.74. The summed E-state index contributed by atoms with van der Waals surface area (Å²) in [6, 6.07) is 4.41. The first-order chi connectivity index (χ1) is 9.06. The van der Waals surface area contributed by atoms with Crippen LogP contribution in [0.4, 0.5) is 0 Å². The van der Waals surface area contributed by atoms with Crippen molar-refractivity contribution in [3.05, 3.63) is 28.8 Å². The van der Waals surface area contributed by atoms with Gasteiger partial charge in [0.25, 0.3) is 0 Å². The largest absolute Gasteiger partial charge is 0.507 e. The molecule has 0 heterocycles. The predicted octanol–water partition coefficient (Wildman–Crippen LogP) is 5.89. The van der Waals surface area contributed by atoms with Crippen LogP contribution in [0, 0.1) is 0 Å². The van der Waals surface area contributed by atoms with E-state index < -0.39 is 0 Å². The van der Waals surface area contributed by atoms with Crippen LogP contribution in [0.1, 0.15) is 90.8 Å². The van der Waals surface area contributed by atoms with Crippen molar-refractivity contribution in [1.82, 2.24) is 0 Å². The van der Waals surface area contributed by atoms with Crippen LogP contribution in [0.15, 0.2) is 12.1 Å². The van der Waals surface area contributed by atoms with E-state index in [1.807, 2.05) is 0 Å². The van der Waals surface area contributed by atoms with Crippen molar-refractivity contribution in [2.24, 2.45) is 0 Å². The van der Waals surface area contributed by atoms with Gasteiger partial charge in [-0.2, -0.15) is 0 Å². The zero-order chi connectivity index (χ0) is 15.7. The molecular formula is C19H32O. The molecule has 1 aromatic carbocycles. The third-order valence-electron chi connectivity index (χ3n) is 5.02. The second kappa shape index (κ2) is 5.79. The molecular weight excluding hydrogens is 244 g/mol. The molecule has 0 fully saturated rings. The standard InChI is InChI=1S/C19H32O/c1-9-18(5,6)15-11-14(13(3)4)12-16(17(15)20)19(7,8)10-2/h11-13,20H,9-10H2,1-8H3. The third kappa shape index (κ3) is 3.19. The normalized spacial score (nSPS) is 13.1. The number of phenols is 1. The first kappa shape index (κ1) is 17.1. The molecule has 0 atom stereocenters. The van der Waals surface area contributed by atoms with Crippen molar-refractivity contribution in [3.8, 4) is 5.75 Å². The molecule has 0 aliphatic rings. The number of aromatic hydroxyl groups is 1. The van der Waals surface area contributed by atoms with Crippen molar-refractivity contribution in [2.75, 3.05) is 0 Å². The summed E-state index contributed by atoms with van der Waals surface area (Å²) in [5, 5.41) is 10.8. The first-order valence-corrected chi connectivity index (χ1v) is 7.94. The van der Waals surface area contributed by atoms with Crippen LogP contribution in [0.2, 0.25) is 0 Å². The van der Waals surface area contributed by atoms with Gasteiger partial charge in [0, 0.05) is 11.1 Å². The van der Waals surface area contributed by atoms with Crippen LogP contribution in [0.25, 0.3) is 0 Å². The molecule has 0 aromatic heterocycles. The maximum atomic E-state index is 10.8. The van der Waals surface area contributed by atoms with Gasteiger partial charge < -0.3 is 5.11 Å². The Kier molecular flexibility index (Phi) is 4.94. The Morgan fingerprint density at radius 2 is 1.25 bits per heavy atom. The molecule has 0 aliphatic carbocycles. The fourth-order valence-corrected chi connectivity index (χ4v) is 2.40. The van der Waals surface area contributed by atoms with Gasteiger partial charge in [-0.15, -0.1) is 0 Å². The SMILES string of the molecule is CCC(C)(C)c1cc(C(C)C)cc(C(C)(C)CC)c1O. The van der Waals surface area contributed by atoms with Gasteiger partial charge in [-0.3, -0.25) is 0 Å². The zero-order valence-corrected chi connectivity index (χ0v) is 14.6. The molecule has 1 rings (SSSR count). The molecule has 1 aromatic rings. The van der Waals surface area contributed by atoms with E-state index >= 15 is 0 Å². The van der Waals surface area contributed by atoms with Gasteiger partial charge >= 0.3 is 0 Å². The predicted molar refractivity (Wildman–Crippen MR) is 88.8 cm³/mol. The van der Waals surface area contributed by atoms with Crippen molar-refractivity contribution in [2.45, 2.75) is 85.0 Å². The van der Waals surface area contributed by atoms with Gasteiger partial charge in [0.05, 0.1) is 0 Å². The Morgan fingerprint density at radius 3 is 1.50 bits per heavy atom. The lowest BCUT2D eigenvalue weighted by Gasteiger charge is -2.32. The summed E-state index contributed by atoms with van der Waals surface area (Å²) in [5.41, 5.74) is 3.54. The maximum Gasteiger partial charge on any atom is 0.123 e. The minimum atomic E-state index is 0.00749. The average molecular weight is 276 g/mol. The van der Waals surface area contributed by atoms with Crippen LogP contribution >= 0.6 is 0 Å². The van der Waals surface area contributed by atoms with E-state index in [2.05, 4.69) is 67.5 Å². The summed E-state index contributed by atoms with van der Waals surface area (Å²) in [6.07, 6.45) is 2.04. The lowest BCUT2D eigenvalue weighted by Crippen LogP contribution is -2.21. The van der Waals surface area contributed by atoms with Gasteiger partial charge in [0.1, 0.15) is 5.75 Å². The van der Waals surface area contributed by atoms with Crippen molar-refractivity contribution in [3.63, 3.8) is 0 Å². The van der Waals surface area contributed by atoms with Gasteiger partial charge in [-0.25, -0.2) is 0 Å². The molecule has 0 saturated carbocycles. The number of benzene rings is 1. The highest BCUT2D eigenvalue weighted by Crippen LogP contribution is 2.43. The third-order valence-corrected chi connectivity index (χ3v) is 5.02. The summed E-state index contributed by atoms with van der Waals surface area (Å²) in [7, 11) is 0. The highest BCUT2D eigenvalue weighted by molar-refractivity contribution is 5.50. The highest BCUT2D eigenvalue weighted by Gasteiger charge is 2.29. The number of hydrogen-bond acceptors (Lipinski definition) is 1. The molecule has 0 spiro atoms. The van der Waals surface area contributed by atoms with E-state index in [1.165, 1.54) is 5.56 Å². The summed E-state index contributed by atoms with van der Waals surface area (Å²) >= 11 is 0. The summed E-state index contributed by atoms with van der Waals surface area (Å²) < 4.78 is 0. The zero-order valence-electron chi connectivity index (χ0n) is 14.6. The van der Waals surface area contributed by atoms with E-state index in [4.69, 9.17) is 0 Å². The van der Waals surface area contributed by atoms with Crippen LogP contribution < -0.4 is 0 Å². The van der Waals surface area contributed by atoms with Crippen LogP contribution in [-0.2, 0) is 10.8 Å². The highest BCUT2D eigenvalue weighted by atomic mass is 16.3. The van der Waals surface area contributed by atoms with Gasteiger partial charge in [-0.05, 0) is 35.2 Å². The van der Waals surface area contributed by atoms with Gasteiger partial charge in [-0.1, -0.05) is 67.5 Å². The summed E-state index contributed by atoms with van der Waals surface area (Å²) in [4.78, 5) is 0. The lowest BCUT2D eigenvalue weighted by molar-refractivity contribution is 0.399. The Bertz CT molecular complexity index is 430. The van der Waals surface area contributed by atoms with Crippen molar-refractivity contribution < 1.29 is 5.11 Å². The first-order valence-electron chi connectivity index (χ1n) is 7.94. The Morgan fingerprint density at radius 1 is 0.900 bits per heavy atom. The average Bonchev–Trinajstić information content (AvgIpc) is 2.38. The Hall–Kier alpha value is -0.980. The summed E-state index contributed by atoms with van der Waals surface area (Å²) in [6.45, 7) is 17.7. The second-order valence-corrected chi connectivity index (χ2v) is 7.59. The van der Waals surface area contributed by atoms with Crippen LogP contribution in [0.3, 0.4) is 0 Å². The molecule has 1 heteroatoms. The van der Waals surface area contributed by atoms with E-state index in [0.717, 1.165) is 24.0 Å². The van der Waals surface area contributed by atoms with Crippen LogP contribution in [-0.4, -0.2) is 5.11 Å². The molecule has 20 heavy (non-hydrogen) atoms. The maximum absolute atomic E-state index is 10.8. The molecule has 1 N–H and O–H groups in total. The number of hydrogen-bond donors (Lipinski definition) is 1. The van der Waals surface area contributed by atoms with Crippen LogP contribution in [0.5, 0.6) is 5.75 Å². The van der Waals surface area contributed by atoms with E-state index in [9.17, 15) is 5.11 Å². The molecule has 0 bridgehead atoms. The molecule has 0 unspecified atom stereocenters. The number of phenolic OH excluding ortho intramolecular Hbond substituents is 1. The molecule has 0 saturated heterocycles. The molecule has 1 nitrogen and oxygen atoms in total. The minimum absolute atomic E-state index is 0.00749. The summed E-state index contributed by atoms with van der Waals surface area (Å²) in [5.74, 6) is 0.988. The molecule has 0 radical (unpaired) electrons. The van der Waals surface area contributed by atoms with Crippen molar-refractivity contribution >= 4 is 0 Å². The minimum Gasteiger partial charge on any atom is -0.507 e. The topological polar surface area (TPSA) is 20.2 Å². The molecule has 114 valence electrons. The van der Waals surface area contributed by atoms with Crippen molar-refractivity contribution in [1.29, 1.82) is 0 Å². The van der Waals surface area contributed by atoms with E-state index in [-0.39, 0.29) is 10.8 Å². The fourth-order valence-electron chi connectivity index (χ4n) is 2.40. The number of rotatable bonds is 5. The molecule has 0 amide bonds. The van der Waals surface area contributed by atoms with E-state index in [1.54, 1.807) is 0 Å². The smallest absolute Gasteiger partial charge is 0.123 e. The van der Waals surface area contributed by atoms with Gasteiger partial charge in [0.15, 0.2) is 0 Å². The Balaban J connectivity index is 3.62. The second-order valence-electron chi connectivity index (χ2n) is 7.59. The fraction of sp³-hybridized carbons (Fsp3) is 0.684. The monoisotopic (exact) mass is 276 g/mol.